The average Bonchev–Trinajstić information content (AvgIpc) is 2.66. The first-order chi connectivity index (χ1) is 14.9. The molecule has 0 heterocycles. The van der Waals surface area contributed by atoms with Gasteiger partial charge in [0.15, 0.2) is 0 Å². The molecule has 1 amide bonds. The van der Waals surface area contributed by atoms with Crippen LogP contribution in [0.2, 0.25) is 0 Å². The number of hydrogen-bond donors (Lipinski definition) is 2. The molecular weight excluding hydrogens is 408 g/mol. The monoisotopic (exact) mass is 446 g/mol. The molecule has 180 valence electrons. The summed E-state index contributed by atoms with van der Waals surface area (Å²) in [6, 6.07) is 0.000139. The predicted octanol–water partition coefficient (Wildman–Crippen LogP) is 2.70. The maximum atomic E-state index is 10.9. The Labute approximate surface area is 184 Å². The van der Waals surface area contributed by atoms with E-state index in [9.17, 15) is 4.79 Å². The van der Waals surface area contributed by atoms with Crippen LogP contribution in [0.3, 0.4) is 0 Å². The molecule has 0 aromatic heterocycles. The standard InChI is InChI=1S/C20H38N4O7/c1-20(2,3)18-16(14-17(18)23-19(25)26)15-31-13-12-30-11-10-29-9-8-28-7-6-27-5-4-22-24-21/h16-18,23H,4-15H2,1-3H3,(H,25,26)/t16-,17+,18?/m0/s1. The van der Waals surface area contributed by atoms with Gasteiger partial charge in [-0.05, 0) is 29.2 Å². The number of amides is 1. The molecule has 0 aromatic carbocycles. The van der Waals surface area contributed by atoms with E-state index >= 15 is 0 Å². The predicted molar refractivity (Wildman–Crippen MR) is 114 cm³/mol. The number of nitrogens with one attached hydrogen (secondary N) is 1. The van der Waals surface area contributed by atoms with Crippen LogP contribution < -0.4 is 5.32 Å². The van der Waals surface area contributed by atoms with Crippen LogP contribution in [-0.2, 0) is 23.7 Å². The Bertz CT molecular complexity index is 538. The molecule has 1 aliphatic rings. The third kappa shape index (κ3) is 12.7. The highest BCUT2D eigenvalue weighted by atomic mass is 16.6. The van der Waals surface area contributed by atoms with Crippen molar-refractivity contribution in [1.82, 2.24) is 5.32 Å². The van der Waals surface area contributed by atoms with E-state index < -0.39 is 6.09 Å². The highest BCUT2D eigenvalue weighted by Gasteiger charge is 2.47. The Balaban J connectivity index is 1.89. The first kappa shape index (κ1) is 27.4. The Hall–Kier alpha value is -1.62. The van der Waals surface area contributed by atoms with Crippen molar-refractivity contribution in [2.24, 2.45) is 22.4 Å². The van der Waals surface area contributed by atoms with Crippen LogP contribution in [0, 0.1) is 17.3 Å². The van der Waals surface area contributed by atoms with E-state index in [2.05, 4.69) is 36.1 Å². The summed E-state index contributed by atoms with van der Waals surface area (Å²) in [6.07, 6.45) is -0.152. The van der Waals surface area contributed by atoms with Gasteiger partial charge in [-0.25, -0.2) is 4.79 Å². The van der Waals surface area contributed by atoms with Crippen molar-refractivity contribution in [1.29, 1.82) is 0 Å². The van der Waals surface area contributed by atoms with Crippen molar-refractivity contribution >= 4 is 6.09 Å². The summed E-state index contributed by atoms with van der Waals surface area (Å²) < 4.78 is 27.2. The molecule has 0 bridgehead atoms. The minimum Gasteiger partial charge on any atom is -0.465 e. The van der Waals surface area contributed by atoms with Crippen LogP contribution in [0.4, 0.5) is 4.79 Å². The van der Waals surface area contributed by atoms with E-state index in [1.807, 2.05) is 0 Å². The molecule has 11 heteroatoms. The zero-order chi connectivity index (χ0) is 23.0. The van der Waals surface area contributed by atoms with Gasteiger partial charge in [0.05, 0.1) is 59.5 Å². The van der Waals surface area contributed by atoms with Crippen molar-refractivity contribution in [2.75, 3.05) is 72.6 Å². The van der Waals surface area contributed by atoms with E-state index in [0.717, 1.165) is 6.42 Å². The second-order valence-electron chi connectivity index (χ2n) is 8.42. The van der Waals surface area contributed by atoms with Crippen molar-refractivity contribution in [3.63, 3.8) is 0 Å². The van der Waals surface area contributed by atoms with Crippen molar-refractivity contribution < 1.29 is 33.6 Å². The maximum absolute atomic E-state index is 10.9. The van der Waals surface area contributed by atoms with Gasteiger partial charge < -0.3 is 34.1 Å². The van der Waals surface area contributed by atoms with Gasteiger partial charge in [0, 0.05) is 24.1 Å². The van der Waals surface area contributed by atoms with Crippen molar-refractivity contribution in [3.8, 4) is 0 Å². The summed E-state index contributed by atoms with van der Waals surface area (Å²) in [6.45, 7) is 11.6. The molecule has 11 nitrogen and oxygen atoms in total. The molecule has 1 saturated carbocycles. The summed E-state index contributed by atoms with van der Waals surface area (Å²) in [5, 5.41) is 14.9. The van der Waals surface area contributed by atoms with Gasteiger partial charge in [-0.15, -0.1) is 0 Å². The highest BCUT2D eigenvalue weighted by Crippen LogP contribution is 2.46. The van der Waals surface area contributed by atoms with Crippen LogP contribution in [0.15, 0.2) is 5.11 Å². The van der Waals surface area contributed by atoms with Gasteiger partial charge in [-0.3, -0.25) is 0 Å². The first-order valence-electron chi connectivity index (χ1n) is 10.7. The fourth-order valence-corrected chi connectivity index (χ4v) is 3.81. The molecule has 3 atom stereocenters. The molecular formula is C20H38N4O7. The Morgan fingerprint density at radius 2 is 1.45 bits per heavy atom. The zero-order valence-corrected chi connectivity index (χ0v) is 19.0. The Kier molecular flexibility index (Phi) is 14.2. The lowest BCUT2D eigenvalue weighted by Crippen LogP contribution is -2.58. The number of nitrogens with zero attached hydrogens (tertiary/aromatic N) is 3. The number of carbonyl (C=O) groups is 1. The van der Waals surface area contributed by atoms with Crippen LogP contribution >= 0.6 is 0 Å². The normalized spacial score (nSPS) is 20.7. The Morgan fingerprint density at radius 1 is 0.968 bits per heavy atom. The number of ether oxygens (including phenoxy) is 5. The first-order valence-corrected chi connectivity index (χ1v) is 10.7. The number of rotatable bonds is 18. The van der Waals surface area contributed by atoms with Crippen molar-refractivity contribution in [2.45, 2.75) is 33.2 Å². The third-order valence-electron chi connectivity index (χ3n) is 5.03. The Morgan fingerprint density at radius 3 is 1.90 bits per heavy atom. The minimum atomic E-state index is -0.964. The van der Waals surface area contributed by atoms with Gasteiger partial charge >= 0.3 is 6.09 Å². The van der Waals surface area contributed by atoms with Crippen LogP contribution in [0.5, 0.6) is 0 Å². The van der Waals surface area contributed by atoms with Crippen LogP contribution in [0.1, 0.15) is 27.2 Å². The molecule has 0 spiro atoms. The van der Waals surface area contributed by atoms with E-state index in [-0.39, 0.29) is 17.4 Å². The molecule has 1 rings (SSSR count). The number of hydrogen-bond acceptors (Lipinski definition) is 7. The third-order valence-corrected chi connectivity index (χ3v) is 5.03. The summed E-state index contributed by atoms with van der Waals surface area (Å²) in [7, 11) is 0. The second-order valence-corrected chi connectivity index (χ2v) is 8.42. The highest BCUT2D eigenvalue weighted by molar-refractivity contribution is 5.65. The maximum Gasteiger partial charge on any atom is 0.404 e. The molecule has 31 heavy (non-hydrogen) atoms. The number of azide groups is 1. The molecule has 2 N–H and O–H groups in total. The van der Waals surface area contributed by atoms with Gasteiger partial charge in [0.25, 0.3) is 0 Å². The molecule has 1 fully saturated rings. The van der Waals surface area contributed by atoms with E-state index in [4.69, 9.17) is 34.3 Å². The molecule has 0 aromatic rings. The summed E-state index contributed by atoms with van der Waals surface area (Å²) in [5.74, 6) is 0.626. The van der Waals surface area contributed by atoms with Gasteiger partial charge in [-0.1, -0.05) is 25.9 Å². The fourth-order valence-electron chi connectivity index (χ4n) is 3.81. The lowest BCUT2D eigenvalue weighted by Gasteiger charge is -2.51. The minimum absolute atomic E-state index is 0.000139. The van der Waals surface area contributed by atoms with Crippen LogP contribution in [-0.4, -0.2) is 89.9 Å². The summed E-state index contributed by atoms with van der Waals surface area (Å²) in [4.78, 5) is 13.5. The average molecular weight is 447 g/mol. The smallest absolute Gasteiger partial charge is 0.404 e. The van der Waals surface area contributed by atoms with Crippen molar-refractivity contribution in [3.05, 3.63) is 10.4 Å². The van der Waals surface area contributed by atoms with Gasteiger partial charge in [0.1, 0.15) is 0 Å². The topological polar surface area (TPSA) is 144 Å². The van der Waals surface area contributed by atoms with Crippen LogP contribution in [0.25, 0.3) is 10.4 Å². The molecule has 1 aliphatic carbocycles. The SMILES string of the molecule is CC(C)(C)C1[C@H](COCCOCCOCCOCCOCCN=[N+]=[N-])C[C@H]1NC(=O)O. The lowest BCUT2D eigenvalue weighted by atomic mass is 9.58. The quantitative estimate of drug-likeness (QED) is 0.142. The lowest BCUT2D eigenvalue weighted by molar-refractivity contribution is -0.0554. The van der Waals surface area contributed by atoms with E-state index in [1.54, 1.807) is 0 Å². The van der Waals surface area contributed by atoms with E-state index in [0.29, 0.717) is 78.5 Å². The summed E-state index contributed by atoms with van der Waals surface area (Å²) in [5.41, 5.74) is 8.13. The molecule has 0 aliphatic heterocycles. The largest absolute Gasteiger partial charge is 0.465 e. The van der Waals surface area contributed by atoms with E-state index in [1.165, 1.54) is 0 Å². The fraction of sp³-hybridized carbons (Fsp3) is 0.950. The van der Waals surface area contributed by atoms with Gasteiger partial charge in [-0.2, -0.15) is 0 Å². The molecule has 1 unspecified atom stereocenters. The molecule has 0 saturated heterocycles. The zero-order valence-electron chi connectivity index (χ0n) is 19.0. The molecule has 0 radical (unpaired) electrons. The van der Waals surface area contributed by atoms with Gasteiger partial charge in [0.2, 0.25) is 0 Å². The summed E-state index contributed by atoms with van der Waals surface area (Å²) >= 11 is 0. The number of carboxylic acid groups (broad SMARTS) is 1. The second kappa shape index (κ2) is 16.1.